The van der Waals surface area contributed by atoms with E-state index in [2.05, 4.69) is 16.1 Å². The quantitative estimate of drug-likeness (QED) is 0.528. The van der Waals surface area contributed by atoms with E-state index in [1.54, 1.807) is 0 Å². The number of hydrogen-bond acceptors (Lipinski definition) is 4. The largest absolute Gasteiger partial charge is 0.324 e. The summed E-state index contributed by atoms with van der Waals surface area (Å²) in [4.78, 5) is 0. The molecule has 64 valence electrons. The number of nitrogens with two attached hydrogens (primary N) is 1. The summed E-state index contributed by atoms with van der Waals surface area (Å²) in [6.07, 6.45) is 5.11. The van der Waals surface area contributed by atoms with Crippen molar-refractivity contribution in [1.29, 1.82) is 0 Å². The third-order valence-electron chi connectivity index (χ3n) is 1.39. The summed E-state index contributed by atoms with van der Waals surface area (Å²) in [5.74, 6) is 3.90. The number of nitrogens with zero attached hydrogens (tertiary/aromatic N) is 3. The van der Waals surface area contributed by atoms with Gasteiger partial charge in [-0.15, -0.1) is 16.6 Å². The van der Waals surface area contributed by atoms with Gasteiger partial charge in [0.1, 0.15) is 5.82 Å². The highest BCUT2D eigenvalue weighted by molar-refractivity contribution is 7.99. The number of thioether (sulfide) groups is 1. The smallest absolute Gasteiger partial charge is 0.191 e. The van der Waals surface area contributed by atoms with Crippen molar-refractivity contribution in [2.75, 3.05) is 5.75 Å². The summed E-state index contributed by atoms with van der Waals surface area (Å²) in [6.45, 7) is 0.403. The van der Waals surface area contributed by atoms with Gasteiger partial charge in [0.2, 0.25) is 0 Å². The van der Waals surface area contributed by atoms with Gasteiger partial charge in [0.25, 0.3) is 0 Å². The van der Waals surface area contributed by atoms with Crippen LogP contribution in [-0.2, 0) is 13.6 Å². The predicted molar refractivity (Wildman–Crippen MR) is 48.5 cm³/mol. The van der Waals surface area contributed by atoms with Crippen LogP contribution in [-0.4, -0.2) is 20.5 Å². The van der Waals surface area contributed by atoms with Crippen LogP contribution < -0.4 is 5.73 Å². The molecule has 0 aliphatic carbocycles. The Morgan fingerprint density at radius 1 is 1.67 bits per heavy atom. The molecule has 0 fully saturated rings. The first-order chi connectivity index (χ1) is 5.79. The van der Waals surface area contributed by atoms with Crippen LogP contribution in [0.1, 0.15) is 5.82 Å². The number of hydrogen-bond donors (Lipinski definition) is 1. The van der Waals surface area contributed by atoms with Gasteiger partial charge in [0.15, 0.2) is 5.16 Å². The summed E-state index contributed by atoms with van der Waals surface area (Å²) in [7, 11) is 1.88. The summed E-state index contributed by atoms with van der Waals surface area (Å²) in [5, 5.41) is 8.62. The van der Waals surface area contributed by atoms with Gasteiger partial charge in [0, 0.05) is 7.05 Å². The summed E-state index contributed by atoms with van der Waals surface area (Å²) in [5.41, 5.74) is 5.42. The first-order valence-corrected chi connectivity index (χ1v) is 4.42. The molecule has 1 heterocycles. The van der Waals surface area contributed by atoms with E-state index in [-0.39, 0.29) is 0 Å². The number of terminal acetylenes is 1. The number of aromatic nitrogens is 3. The van der Waals surface area contributed by atoms with Crippen molar-refractivity contribution in [3.63, 3.8) is 0 Å². The van der Waals surface area contributed by atoms with Gasteiger partial charge in [-0.1, -0.05) is 17.7 Å². The molecule has 12 heavy (non-hydrogen) atoms. The van der Waals surface area contributed by atoms with E-state index in [1.165, 1.54) is 11.8 Å². The first kappa shape index (κ1) is 9.10. The first-order valence-electron chi connectivity index (χ1n) is 3.44. The molecule has 1 aromatic heterocycles. The second kappa shape index (κ2) is 4.14. The maximum absolute atomic E-state index is 5.42. The fourth-order valence-corrected chi connectivity index (χ4v) is 1.36. The minimum atomic E-state index is 0.403. The molecule has 0 aliphatic heterocycles. The Morgan fingerprint density at radius 2 is 2.42 bits per heavy atom. The fraction of sp³-hybridized carbons (Fsp3) is 0.429. The summed E-state index contributed by atoms with van der Waals surface area (Å²) < 4.78 is 1.85. The van der Waals surface area contributed by atoms with E-state index in [0.717, 1.165) is 11.0 Å². The molecule has 4 nitrogen and oxygen atoms in total. The zero-order chi connectivity index (χ0) is 8.97. The molecule has 0 aliphatic rings. The Morgan fingerprint density at radius 3 is 2.92 bits per heavy atom. The Balaban J connectivity index is 2.74. The molecule has 0 atom stereocenters. The highest BCUT2D eigenvalue weighted by Crippen LogP contribution is 2.13. The lowest BCUT2D eigenvalue weighted by molar-refractivity contribution is 0.735. The average Bonchev–Trinajstić information content (AvgIpc) is 2.43. The van der Waals surface area contributed by atoms with Crippen LogP contribution in [0.25, 0.3) is 0 Å². The van der Waals surface area contributed by atoms with E-state index in [1.807, 2.05) is 11.6 Å². The van der Waals surface area contributed by atoms with Crippen molar-refractivity contribution < 1.29 is 0 Å². The summed E-state index contributed by atoms with van der Waals surface area (Å²) in [6, 6.07) is 0. The van der Waals surface area contributed by atoms with E-state index in [9.17, 15) is 0 Å². The van der Waals surface area contributed by atoms with Crippen molar-refractivity contribution in [3.8, 4) is 12.3 Å². The summed E-state index contributed by atoms with van der Waals surface area (Å²) >= 11 is 1.48. The maximum Gasteiger partial charge on any atom is 0.191 e. The van der Waals surface area contributed by atoms with Gasteiger partial charge < -0.3 is 10.3 Å². The minimum Gasteiger partial charge on any atom is -0.324 e. The molecule has 5 heteroatoms. The monoisotopic (exact) mass is 182 g/mol. The van der Waals surface area contributed by atoms with Crippen molar-refractivity contribution >= 4 is 11.8 Å². The minimum absolute atomic E-state index is 0.403. The van der Waals surface area contributed by atoms with Gasteiger partial charge in [-0.2, -0.15) is 0 Å². The zero-order valence-electron chi connectivity index (χ0n) is 6.82. The van der Waals surface area contributed by atoms with Crippen molar-refractivity contribution in [2.24, 2.45) is 12.8 Å². The second-order valence-corrected chi connectivity index (χ2v) is 3.10. The molecule has 0 radical (unpaired) electrons. The lowest BCUT2D eigenvalue weighted by Gasteiger charge is -1.98. The molecule has 0 unspecified atom stereocenters. The topological polar surface area (TPSA) is 56.7 Å². The van der Waals surface area contributed by atoms with Crippen molar-refractivity contribution in [3.05, 3.63) is 5.82 Å². The predicted octanol–water partition coefficient (Wildman–Crippen LogP) is -0.000900. The molecule has 1 aromatic rings. The van der Waals surface area contributed by atoms with E-state index < -0.39 is 0 Å². The highest BCUT2D eigenvalue weighted by Gasteiger charge is 2.05. The van der Waals surface area contributed by atoms with Crippen LogP contribution in [0.2, 0.25) is 0 Å². The average molecular weight is 182 g/mol. The zero-order valence-corrected chi connectivity index (χ0v) is 7.64. The third kappa shape index (κ3) is 1.78. The molecule has 0 saturated heterocycles. The molecule has 0 amide bonds. The van der Waals surface area contributed by atoms with Crippen LogP contribution in [0.15, 0.2) is 5.16 Å². The molecule has 0 aromatic carbocycles. The van der Waals surface area contributed by atoms with Gasteiger partial charge in [-0.3, -0.25) is 0 Å². The van der Waals surface area contributed by atoms with Crippen molar-refractivity contribution in [1.82, 2.24) is 14.8 Å². The van der Waals surface area contributed by atoms with E-state index in [4.69, 9.17) is 12.2 Å². The van der Waals surface area contributed by atoms with Crippen molar-refractivity contribution in [2.45, 2.75) is 11.7 Å². The van der Waals surface area contributed by atoms with Gasteiger partial charge in [-0.25, -0.2) is 0 Å². The Labute approximate surface area is 75.5 Å². The Bertz CT molecular complexity index is 299. The second-order valence-electron chi connectivity index (χ2n) is 2.15. The van der Waals surface area contributed by atoms with Crippen LogP contribution >= 0.6 is 11.8 Å². The molecule has 2 N–H and O–H groups in total. The van der Waals surface area contributed by atoms with E-state index in [0.29, 0.717) is 12.3 Å². The fourth-order valence-electron chi connectivity index (χ4n) is 0.755. The normalized spacial score (nSPS) is 9.75. The molecular formula is C7H10N4S. The SMILES string of the molecule is C#CCSc1nnc(CN)n1C. The van der Waals surface area contributed by atoms with Gasteiger partial charge in [-0.05, 0) is 0 Å². The molecule has 1 rings (SSSR count). The van der Waals surface area contributed by atoms with Crippen LogP contribution in [0, 0.1) is 12.3 Å². The molecule has 0 bridgehead atoms. The third-order valence-corrected chi connectivity index (χ3v) is 2.32. The maximum atomic E-state index is 5.42. The van der Waals surface area contributed by atoms with E-state index >= 15 is 0 Å². The van der Waals surface area contributed by atoms with Crippen LogP contribution in [0.5, 0.6) is 0 Å². The van der Waals surface area contributed by atoms with Gasteiger partial charge >= 0.3 is 0 Å². The van der Waals surface area contributed by atoms with Crippen LogP contribution in [0.4, 0.5) is 0 Å². The number of rotatable bonds is 3. The van der Waals surface area contributed by atoms with Gasteiger partial charge in [0.05, 0.1) is 12.3 Å². The molecule has 0 saturated carbocycles. The lowest BCUT2D eigenvalue weighted by Crippen LogP contribution is -2.05. The van der Waals surface area contributed by atoms with Crippen LogP contribution in [0.3, 0.4) is 0 Å². The molecular weight excluding hydrogens is 172 g/mol. The Kier molecular flexibility index (Phi) is 3.14. The molecule has 0 spiro atoms. The lowest BCUT2D eigenvalue weighted by atomic mass is 10.6. The Hall–Kier alpha value is -0.990. The standard InChI is InChI=1S/C7H10N4S/c1-3-4-12-7-10-9-6(5-8)11(7)2/h1H,4-5,8H2,2H3. The highest BCUT2D eigenvalue weighted by atomic mass is 32.2.